The van der Waals surface area contributed by atoms with Gasteiger partial charge >= 0.3 is 6.18 Å². The summed E-state index contributed by atoms with van der Waals surface area (Å²) in [5.41, 5.74) is 9.07. The molecular formula is C20H16F3N3. The number of nitrogens with two attached hydrogens (primary N) is 1. The molecule has 0 saturated heterocycles. The van der Waals surface area contributed by atoms with E-state index in [1.807, 2.05) is 18.2 Å². The molecule has 0 amide bonds. The van der Waals surface area contributed by atoms with Crippen molar-refractivity contribution in [2.24, 2.45) is 10.7 Å². The number of hydrogen-bond donors (Lipinski definition) is 2. The number of guanidine groups is 1. The predicted octanol–water partition coefficient (Wildman–Crippen LogP) is 5.02. The number of anilines is 1. The van der Waals surface area contributed by atoms with Crippen LogP contribution in [0.4, 0.5) is 24.5 Å². The molecule has 0 spiro atoms. The van der Waals surface area contributed by atoms with E-state index in [0.29, 0.717) is 5.69 Å². The van der Waals surface area contributed by atoms with E-state index in [4.69, 9.17) is 5.73 Å². The maximum atomic E-state index is 12.6. The second-order valence-electron chi connectivity index (χ2n) is 6.28. The van der Waals surface area contributed by atoms with E-state index in [-0.39, 0.29) is 5.96 Å². The molecule has 3 nitrogen and oxygen atoms in total. The second kappa shape index (κ2) is 6.05. The lowest BCUT2D eigenvalue weighted by molar-refractivity contribution is -0.137. The highest BCUT2D eigenvalue weighted by atomic mass is 19.4. The van der Waals surface area contributed by atoms with E-state index < -0.39 is 11.7 Å². The summed E-state index contributed by atoms with van der Waals surface area (Å²) in [6.45, 7) is 0. The summed E-state index contributed by atoms with van der Waals surface area (Å²) in [4.78, 5) is 4.42. The highest BCUT2D eigenvalue weighted by Crippen LogP contribution is 2.36. The first-order valence-corrected chi connectivity index (χ1v) is 8.24. The first-order chi connectivity index (χ1) is 12.4. The molecule has 4 rings (SSSR count). The lowest BCUT2D eigenvalue weighted by Gasteiger charge is -2.10. The van der Waals surface area contributed by atoms with Crippen molar-refractivity contribution in [3.8, 4) is 0 Å². The Morgan fingerprint density at radius 1 is 0.923 bits per heavy atom. The Morgan fingerprint density at radius 3 is 2.31 bits per heavy atom. The van der Waals surface area contributed by atoms with E-state index in [2.05, 4.69) is 22.4 Å². The van der Waals surface area contributed by atoms with Crippen LogP contribution in [0.2, 0.25) is 0 Å². The maximum Gasteiger partial charge on any atom is 0.416 e. The molecule has 0 bridgehead atoms. The van der Waals surface area contributed by atoms with Crippen LogP contribution in [0.3, 0.4) is 0 Å². The minimum absolute atomic E-state index is 0.128. The lowest BCUT2D eigenvalue weighted by atomic mass is 10.0. The van der Waals surface area contributed by atoms with Gasteiger partial charge in [-0.25, -0.2) is 4.99 Å². The fraction of sp³-hybridized carbons (Fsp3) is 0.150. The number of aryl methyl sites for hydroxylation is 2. The molecule has 132 valence electrons. The lowest BCUT2D eigenvalue weighted by Crippen LogP contribution is -2.22. The predicted molar refractivity (Wildman–Crippen MR) is 97.7 cm³/mol. The third-order valence-corrected chi connectivity index (χ3v) is 4.58. The summed E-state index contributed by atoms with van der Waals surface area (Å²) in [6.07, 6.45) is -2.30. The Bertz CT molecular complexity index is 995. The fourth-order valence-corrected chi connectivity index (χ4v) is 3.38. The van der Waals surface area contributed by atoms with E-state index in [1.54, 1.807) is 0 Å². The van der Waals surface area contributed by atoms with Crippen molar-refractivity contribution in [3.05, 3.63) is 71.3 Å². The van der Waals surface area contributed by atoms with Crippen molar-refractivity contribution in [2.75, 3.05) is 5.32 Å². The third kappa shape index (κ3) is 2.98. The van der Waals surface area contributed by atoms with E-state index in [1.165, 1.54) is 28.6 Å². The minimum atomic E-state index is -4.36. The van der Waals surface area contributed by atoms with Gasteiger partial charge in [0.1, 0.15) is 0 Å². The van der Waals surface area contributed by atoms with Crippen molar-refractivity contribution in [1.82, 2.24) is 0 Å². The topological polar surface area (TPSA) is 50.4 Å². The first-order valence-electron chi connectivity index (χ1n) is 8.24. The Hall–Kier alpha value is -3.02. The van der Waals surface area contributed by atoms with Crippen molar-refractivity contribution in [3.63, 3.8) is 0 Å². The first kappa shape index (κ1) is 16.4. The normalized spacial score (nSPS) is 14.0. The summed E-state index contributed by atoms with van der Waals surface area (Å²) < 4.78 is 37.9. The van der Waals surface area contributed by atoms with Gasteiger partial charge in [0.2, 0.25) is 0 Å². The molecule has 1 aliphatic rings. The van der Waals surface area contributed by atoms with Gasteiger partial charge in [0.25, 0.3) is 0 Å². The van der Waals surface area contributed by atoms with E-state index in [0.717, 1.165) is 36.0 Å². The zero-order valence-corrected chi connectivity index (χ0v) is 13.8. The number of halogens is 3. The van der Waals surface area contributed by atoms with Crippen LogP contribution in [-0.2, 0) is 19.0 Å². The largest absolute Gasteiger partial charge is 0.416 e. The number of nitrogens with zero attached hydrogens (tertiary/aromatic N) is 1. The number of benzene rings is 3. The number of rotatable bonds is 2. The van der Waals surface area contributed by atoms with E-state index >= 15 is 0 Å². The molecule has 0 fully saturated rings. The molecule has 3 aromatic carbocycles. The van der Waals surface area contributed by atoms with Crippen LogP contribution in [0, 0.1) is 0 Å². The van der Waals surface area contributed by atoms with Crippen LogP contribution in [0.15, 0.2) is 59.6 Å². The molecular weight excluding hydrogens is 339 g/mol. The molecule has 0 radical (unpaired) electrons. The van der Waals surface area contributed by atoms with Crippen LogP contribution in [0.1, 0.15) is 16.7 Å². The molecule has 26 heavy (non-hydrogen) atoms. The Morgan fingerprint density at radius 2 is 1.62 bits per heavy atom. The Balaban J connectivity index is 1.62. The van der Waals surface area contributed by atoms with Gasteiger partial charge in [-0.2, -0.15) is 13.2 Å². The van der Waals surface area contributed by atoms with Gasteiger partial charge in [-0.15, -0.1) is 0 Å². The zero-order chi connectivity index (χ0) is 18.3. The van der Waals surface area contributed by atoms with Gasteiger partial charge < -0.3 is 11.1 Å². The number of alkyl halides is 3. The number of nitrogens with one attached hydrogen (secondary N) is 1. The van der Waals surface area contributed by atoms with Gasteiger partial charge in [-0.05, 0) is 59.7 Å². The van der Waals surface area contributed by atoms with Crippen LogP contribution < -0.4 is 11.1 Å². The van der Waals surface area contributed by atoms with Crippen LogP contribution >= 0.6 is 0 Å². The van der Waals surface area contributed by atoms with Gasteiger partial charge in [0.15, 0.2) is 5.96 Å². The molecule has 1 aliphatic carbocycles. The minimum Gasteiger partial charge on any atom is -0.369 e. The van der Waals surface area contributed by atoms with Crippen LogP contribution in [0.5, 0.6) is 0 Å². The average molecular weight is 355 g/mol. The maximum absolute atomic E-state index is 12.6. The van der Waals surface area contributed by atoms with Crippen molar-refractivity contribution in [1.29, 1.82) is 0 Å². The van der Waals surface area contributed by atoms with Gasteiger partial charge in [-0.1, -0.05) is 24.3 Å². The fourth-order valence-electron chi connectivity index (χ4n) is 3.38. The van der Waals surface area contributed by atoms with Gasteiger partial charge in [-0.3, -0.25) is 0 Å². The highest BCUT2D eigenvalue weighted by molar-refractivity contribution is 6.02. The average Bonchev–Trinajstić information content (AvgIpc) is 3.02. The molecule has 3 aromatic rings. The Kier molecular flexibility index (Phi) is 3.83. The molecule has 6 heteroatoms. The molecule has 0 aromatic heterocycles. The monoisotopic (exact) mass is 355 g/mol. The van der Waals surface area contributed by atoms with Gasteiger partial charge in [0.05, 0.1) is 11.3 Å². The molecule has 0 unspecified atom stereocenters. The van der Waals surface area contributed by atoms with Crippen molar-refractivity contribution >= 4 is 28.1 Å². The quantitative estimate of drug-likeness (QED) is 0.501. The summed E-state index contributed by atoms with van der Waals surface area (Å²) in [5.74, 6) is 0.128. The van der Waals surface area contributed by atoms with Crippen LogP contribution in [0.25, 0.3) is 10.8 Å². The zero-order valence-electron chi connectivity index (χ0n) is 13.8. The molecule has 0 saturated carbocycles. The second-order valence-corrected chi connectivity index (χ2v) is 6.28. The van der Waals surface area contributed by atoms with Crippen molar-refractivity contribution < 1.29 is 13.2 Å². The molecule has 0 atom stereocenters. The smallest absolute Gasteiger partial charge is 0.369 e. The van der Waals surface area contributed by atoms with E-state index in [9.17, 15) is 13.2 Å². The summed E-state index contributed by atoms with van der Waals surface area (Å²) >= 11 is 0. The van der Waals surface area contributed by atoms with Crippen molar-refractivity contribution in [2.45, 2.75) is 19.0 Å². The highest BCUT2D eigenvalue weighted by Gasteiger charge is 2.29. The molecule has 0 aliphatic heterocycles. The SMILES string of the molecule is NC(=Nc1ccc2c3c(cccc13)CC2)Nc1ccc(C(F)(F)F)cc1. The number of hydrogen-bond acceptors (Lipinski definition) is 1. The summed E-state index contributed by atoms with van der Waals surface area (Å²) in [5, 5.41) is 5.11. The Labute approximate surface area is 148 Å². The third-order valence-electron chi connectivity index (χ3n) is 4.58. The molecule has 3 N–H and O–H groups in total. The standard InChI is InChI=1S/C20H16F3N3/c21-20(22,23)14-7-9-15(10-8-14)25-19(24)26-17-11-6-13-5-4-12-2-1-3-16(17)18(12)13/h1-3,6-11H,4-5H2,(H3,24,25,26). The van der Waals surface area contributed by atoms with Gasteiger partial charge in [0, 0.05) is 11.1 Å². The molecule has 0 heterocycles. The van der Waals surface area contributed by atoms with Crippen LogP contribution in [-0.4, -0.2) is 5.96 Å². The summed E-state index contributed by atoms with van der Waals surface area (Å²) in [7, 11) is 0. The summed E-state index contributed by atoms with van der Waals surface area (Å²) in [6, 6.07) is 14.8. The number of aliphatic imine (C=N–C) groups is 1.